The van der Waals surface area contributed by atoms with Crippen LogP contribution < -0.4 is 15.4 Å². The minimum Gasteiger partial charge on any atom is -0.491 e. The number of carbonyl (C=O) groups is 1. The average molecular weight is 347 g/mol. The van der Waals surface area contributed by atoms with Crippen molar-refractivity contribution in [3.8, 4) is 16.9 Å². The van der Waals surface area contributed by atoms with Gasteiger partial charge in [-0.05, 0) is 24.6 Å². The third-order valence-corrected chi connectivity index (χ3v) is 4.06. The topological polar surface area (TPSA) is 50.4 Å². The lowest BCUT2D eigenvalue weighted by atomic mass is 10.1. The highest BCUT2D eigenvalue weighted by atomic mass is 35.5. The molecular weight excluding hydrogens is 324 g/mol. The van der Waals surface area contributed by atoms with E-state index in [-0.39, 0.29) is 24.2 Å². The largest absolute Gasteiger partial charge is 0.491 e. The van der Waals surface area contributed by atoms with Crippen molar-refractivity contribution in [2.75, 3.05) is 26.2 Å². The summed E-state index contributed by atoms with van der Waals surface area (Å²) in [6.07, 6.45) is 0.920. The monoisotopic (exact) mass is 346 g/mol. The molecule has 1 heterocycles. The van der Waals surface area contributed by atoms with E-state index in [1.807, 2.05) is 42.5 Å². The highest BCUT2D eigenvalue weighted by Gasteiger charge is 2.21. The Hall–Kier alpha value is -2.04. The van der Waals surface area contributed by atoms with Gasteiger partial charge < -0.3 is 15.4 Å². The summed E-state index contributed by atoms with van der Waals surface area (Å²) < 4.78 is 5.87. The van der Waals surface area contributed by atoms with Crippen molar-refractivity contribution in [1.29, 1.82) is 0 Å². The second-order valence-corrected chi connectivity index (χ2v) is 5.69. The Morgan fingerprint density at radius 3 is 2.62 bits per heavy atom. The van der Waals surface area contributed by atoms with Crippen LogP contribution in [0.3, 0.4) is 0 Å². The first kappa shape index (κ1) is 18.3. The second kappa shape index (κ2) is 9.30. The molecule has 0 aromatic heterocycles. The van der Waals surface area contributed by atoms with Crippen LogP contribution in [0.25, 0.3) is 11.1 Å². The zero-order valence-electron chi connectivity index (χ0n) is 13.5. The molecule has 1 aliphatic heterocycles. The Morgan fingerprint density at radius 1 is 1.12 bits per heavy atom. The van der Waals surface area contributed by atoms with Crippen molar-refractivity contribution in [2.45, 2.75) is 6.42 Å². The van der Waals surface area contributed by atoms with E-state index < -0.39 is 0 Å². The molecule has 3 rings (SSSR count). The van der Waals surface area contributed by atoms with Gasteiger partial charge in [-0.15, -0.1) is 12.4 Å². The van der Waals surface area contributed by atoms with Crippen LogP contribution in [-0.2, 0) is 4.79 Å². The van der Waals surface area contributed by atoms with E-state index in [0.717, 1.165) is 36.4 Å². The van der Waals surface area contributed by atoms with Gasteiger partial charge in [0.2, 0.25) is 5.91 Å². The fraction of sp³-hybridized carbons (Fsp3) is 0.316. The van der Waals surface area contributed by atoms with Gasteiger partial charge in [0.15, 0.2) is 0 Å². The minimum atomic E-state index is 0. The normalized spacial score (nSPS) is 16.2. The number of ether oxygens (including phenoxy) is 1. The molecule has 24 heavy (non-hydrogen) atoms. The fourth-order valence-corrected chi connectivity index (χ4v) is 2.81. The summed E-state index contributed by atoms with van der Waals surface area (Å²) in [7, 11) is 0. The lowest BCUT2D eigenvalue weighted by Gasteiger charge is -2.13. The van der Waals surface area contributed by atoms with Gasteiger partial charge >= 0.3 is 0 Å². The molecule has 4 nitrogen and oxygen atoms in total. The van der Waals surface area contributed by atoms with E-state index >= 15 is 0 Å². The predicted octanol–water partition coefficient (Wildman–Crippen LogP) is 2.88. The van der Waals surface area contributed by atoms with Gasteiger partial charge in [-0.3, -0.25) is 4.79 Å². The Kier molecular flexibility index (Phi) is 7.09. The lowest BCUT2D eigenvalue weighted by molar-refractivity contribution is -0.124. The first-order valence-corrected chi connectivity index (χ1v) is 8.10. The Bertz CT molecular complexity index is 643. The second-order valence-electron chi connectivity index (χ2n) is 5.69. The molecule has 1 fully saturated rings. The zero-order valence-corrected chi connectivity index (χ0v) is 14.4. The first-order chi connectivity index (χ1) is 11.3. The quantitative estimate of drug-likeness (QED) is 0.791. The van der Waals surface area contributed by atoms with Crippen LogP contribution in [0.5, 0.6) is 5.75 Å². The maximum absolute atomic E-state index is 11.9. The maximum atomic E-state index is 11.9. The summed E-state index contributed by atoms with van der Waals surface area (Å²) in [5.74, 6) is 1.07. The Labute approximate surface area is 149 Å². The molecule has 2 aromatic carbocycles. The van der Waals surface area contributed by atoms with E-state index in [0.29, 0.717) is 13.2 Å². The minimum absolute atomic E-state index is 0. The fourth-order valence-electron chi connectivity index (χ4n) is 2.81. The number of hydrogen-bond acceptors (Lipinski definition) is 3. The summed E-state index contributed by atoms with van der Waals surface area (Å²) >= 11 is 0. The number of nitrogens with one attached hydrogen (secondary N) is 2. The molecule has 2 N–H and O–H groups in total. The molecule has 0 bridgehead atoms. The molecule has 0 saturated carbocycles. The van der Waals surface area contributed by atoms with Crippen LogP contribution in [0.4, 0.5) is 0 Å². The van der Waals surface area contributed by atoms with Crippen LogP contribution in [0.2, 0.25) is 0 Å². The van der Waals surface area contributed by atoms with Crippen LogP contribution in [0, 0.1) is 5.92 Å². The predicted molar refractivity (Wildman–Crippen MR) is 98.6 cm³/mol. The van der Waals surface area contributed by atoms with Crippen LogP contribution in [0.1, 0.15) is 6.42 Å². The van der Waals surface area contributed by atoms with E-state index in [1.54, 1.807) is 0 Å². The SMILES string of the molecule is Cl.O=C(NCCOc1ccccc1-c1ccccc1)C1CCNC1. The highest BCUT2D eigenvalue weighted by Crippen LogP contribution is 2.29. The molecule has 0 radical (unpaired) electrons. The number of halogens is 1. The first-order valence-electron chi connectivity index (χ1n) is 8.10. The molecule has 0 aliphatic carbocycles. The van der Waals surface area contributed by atoms with E-state index in [4.69, 9.17) is 4.74 Å². The molecule has 1 unspecified atom stereocenters. The zero-order chi connectivity index (χ0) is 15.9. The average Bonchev–Trinajstić information content (AvgIpc) is 3.14. The van der Waals surface area contributed by atoms with Crippen molar-refractivity contribution < 1.29 is 9.53 Å². The molecule has 1 saturated heterocycles. The van der Waals surface area contributed by atoms with E-state index in [1.165, 1.54) is 0 Å². The molecule has 5 heteroatoms. The molecular formula is C19H23ClN2O2. The highest BCUT2D eigenvalue weighted by molar-refractivity contribution is 5.85. The van der Waals surface area contributed by atoms with Gasteiger partial charge in [0.25, 0.3) is 0 Å². The van der Waals surface area contributed by atoms with Gasteiger partial charge in [-0.1, -0.05) is 48.5 Å². The number of para-hydroxylation sites is 1. The molecule has 128 valence electrons. The summed E-state index contributed by atoms with van der Waals surface area (Å²) in [6.45, 7) is 2.71. The standard InChI is InChI=1S/C19H22N2O2.ClH/c22-19(16-10-11-20-14-16)21-12-13-23-18-9-5-4-8-17(18)15-6-2-1-3-7-15;/h1-9,16,20H,10-14H2,(H,21,22);1H. The third-order valence-electron chi connectivity index (χ3n) is 4.06. The summed E-state index contributed by atoms with van der Waals surface area (Å²) in [5.41, 5.74) is 2.20. The van der Waals surface area contributed by atoms with Crippen molar-refractivity contribution in [2.24, 2.45) is 5.92 Å². The summed E-state index contributed by atoms with van der Waals surface area (Å²) in [4.78, 5) is 11.9. The van der Waals surface area contributed by atoms with Crippen molar-refractivity contribution in [3.05, 3.63) is 54.6 Å². The van der Waals surface area contributed by atoms with Crippen molar-refractivity contribution in [1.82, 2.24) is 10.6 Å². The molecule has 1 amide bonds. The third kappa shape index (κ3) is 4.73. The number of benzene rings is 2. The Balaban J connectivity index is 0.00000208. The van der Waals surface area contributed by atoms with Gasteiger partial charge in [0, 0.05) is 12.1 Å². The van der Waals surface area contributed by atoms with E-state index in [9.17, 15) is 4.79 Å². The van der Waals surface area contributed by atoms with E-state index in [2.05, 4.69) is 22.8 Å². The van der Waals surface area contributed by atoms with Gasteiger partial charge in [-0.2, -0.15) is 0 Å². The molecule has 1 atom stereocenters. The number of carbonyl (C=O) groups excluding carboxylic acids is 1. The van der Waals surface area contributed by atoms with Crippen LogP contribution in [-0.4, -0.2) is 32.1 Å². The van der Waals surface area contributed by atoms with Crippen LogP contribution in [0.15, 0.2) is 54.6 Å². The number of hydrogen-bond donors (Lipinski definition) is 2. The van der Waals surface area contributed by atoms with Gasteiger partial charge in [0.05, 0.1) is 12.5 Å². The summed E-state index contributed by atoms with van der Waals surface area (Å²) in [5, 5.41) is 6.15. The van der Waals surface area contributed by atoms with Crippen molar-refractivity contribution in [3.63, 3.8) is 0 Å². The van der Waals surface area contributed by atoms with Crippen LogP contribution >= 0.6 is 12.4 Å². The van der Waals surface area contributed by atoms with Gasteiger partial charge in [0.1, 0.15) is 12.4 Å². The van der Waals surface area contributed by atoms with Crippen molar-refractivity contribution >= 4 is 18.3 Å². The number of amides is 1. The lowest BCUT2D eigenvalue weighted by Crippen LogP contribution is -2.34. The molecule has 1 aliphatic rings. The Morgan fingerprint density at radius 2 is 1.88 bits per heavy atom. The smallest absolute Gasteiger partial charge is 0.224 e. The number of rotatable bonds is 6. The van der Waals surface area contributed by atoms with Gasteiger partial charge in [-0.25, -0.2) is 0 Å². The summed E-state index contributed by atoms with van der Waals surface area (Å²) in [6, 6.07) is 18.1. The molecule has 2 aromatic rings. The molecule has 0 spiro atoms. The maximum Gasteiger partial charge on any atom is 0.224 e.